The van der Waals surface area contributed by atoms with E-state index in [0.29, 0.717) is 5.69 Å². The van der Waals surface area contributed by atoms with Crippen LogP contribution >= 0.6 is 12.2 Å². The first kappa shape index (κ1) is 24.4. The fraction of sp³-hybridized carbons (Fsp3) is 0.368. The van der Waals surface area contributed by atoms with E-state index in [2.05, 4.69) is 25.5 Å². The molecular formula is C19H21N7O8S. The van der Waals surface area contributed by atoms with Crippen LogP contribution in [0.4, 0.5) is 0 Å². The lowest BCUT2D eigenvalue weighted by molar-refractivity contribution is -0.0737. The predicted molar refractivity (Wildman–Crippen MR) is 118 cm³/mol. The first-order valence-electron chi connectivity index (χ1n) is 10.1. The van der Waals surface area contributed by atoms with Crippen LogP contribution in [-0.2, 0) is 24.4 Å². The number of furan rings is 1. The van der Waals surface area contributed by atoms with E-state index in [4.69, 9.17) is 25.8 Å². The number of aliphatic hydroxyl groups excluding tert-OH is 3. The number of nitrogens with zero attached hydrogens (tertiary/aromatic N) is 5. The Morgan fingerprint density at radius 2 is 2.06 bits per heavy atom. The second kappa shape index (κ2) is 10.3. The number of rotatable bonds is 10. The van der Waals surface area contributed by atoms with Crippen LogP contribution in [0.1, 0.15) is 23.1 Å². The molecule has 0 bridgehead atoms. The van der Waals surface area contributed by atoms with Gasteiger partial charge < -0.3 is 28.9 Å². The largest absolute Gasteiger partial charge is 0.466 e. The van der Waals surface area contributed by atoms with Gasteiger partial charge in [-0.05, 0) is 18.3 Å². The average molecular weight is 507 g/mol. The van der Waals surface area contributed by atoms with E-state index < -0.39 is 29.6 Å². The van der Waals surface area contributed by atoms with Crippen LogP contribution in [-0.4, -0.2) is 69.4 Å². The first-order valence-corrected chi connectivity index (χ1v) is 10.6. The molecule has 16 heteroatoms. The molecule has 0 unspecified atom stereocenters. The lowest BCUT2D eigenvalue weighted by Crippen LogP contribution is -2.35. The summed E-state index contributed by atoms with van der Waals surface area (Å²) in [6.07, 6.45) is -0.708. The number of methoxy groups -OCH3 is 1. The molecule has 3 atom stereocenters. The van der Waals surface area contributed by atoms with E-state index in [1.165, 1.54) is 41.1 Å². The topological polar surface area (TPSA) is 210 Å². The van der Waals surface area contributed by atoms with Crippen LogP contribution in [0.2, 0.25) is 0 Å². The highest BCUT2D eigenvalue weighted by Gasteiger charge is 2.32. The molecule has 0 aliphatic heterocycles. The SMILES string of the molecule is COCc1cn(Cc2cn(C[C@@H](O)[C@@H](O)[C@H](O)c3occc3-c3n[nH]c(=S)o3)nn2)c(=O)[nH]c1=O. The van der Waals surface area contributed by atoms with Gasteiger partial charge in [0, 0.05) is 13.3 Å². The molecule has 0 amide bonds. The zero-order valence-electron chi connectivity index (χ0n) is 18.2. The molecule has 4 aromatic heterocycles. The minimum Gasteiger partial charge on any atom is -0.466 e. The highest BCUT2D eigenvalue weighted by Crippen LogP contribution is 2.31. The van der Waals surface area contributed by atoms with Gasteiger partial charge in [-0.2, -0.15) is 0 Å². The van der Waals surface area contributed by atoms with E-state index in [-0.39, 0.29) is 47.3 Å². The summed E-state index contributed by atoms with van der Waals surface area (Å²) in [5, 5.41) is 45.6. The van der Waals surface area contributed by atoms with Crippen molar-refractivity contribution in [2.75, 3.05) is 7.11 Å². The third kappa shape index (κ3) is 5.36. The smallest absolute Gasteiger partial charge is 0.328 e. The second-order valence-electron chi connectivity index (χ2n) is 7.53. The molecule has 5 N–H and O–H groups in total. The molecule has 0 aliphatic carbocycles. The first-order chi connectivity index (χ1) is 16.8. The van der Waals surface area contributed by atoms with Crippen molar-refractivity contribution >= 4 is 12.2 Å². The Morgan fingerprint density at radius 3 is 2.77 bits per heavy atom. The Bertz CT molecular complexity index is 1460. The number of aromatic amines is 2. The van der Waals surface area contributed by atoms with Gasteiger partial charge in [0.1, 0.15) is 29.8 Å². The number of hydrogen-bond donors (Lipinski definition) is 5. The fourth-order valence-corrected chi connectivity index (χ4v) is 3.47. The zero-order valence-corrected chi connectivity index (χ0v) is 19.0. The fourth-order valence-electron chi connectivity index (χ4n) is 3.34. The molecule has 15 nitrogen and oxygen atoms in total. The minimum absolute atomic E-state index is 0.0125. The molecule has 4 aromatic rings. The number of aromatic nitrogens is 7. The lowest BCUT2D eigenvalue weighted by Gasteiger charge is -2.21. The van der Waals surface area contributed by atoms with Gasteiger partial charge in [0.2, 0.25) is 5.89 Å². The van der Waals surface area contributed by atoms with Crippen molar-refractivity contribution in [1.82, 2.24) is 34.7 Å². The normalized spacial score (nSPS) is 14.2. The summed E-state index contributed by atoms with van der Waals surface area (Å²) in [4.78, 5) is 26.1. The highest BCUT2D eigenvalue weighted by molar-refractivity contribution is 7.71. The Hall–Kier alpha value is -3.70. The van der Waals surface area contributed by atoms with Crippen molar-refractivity contribution in [2.24, 2.45) is 0 Å². The van der Waals surface area contributed by atoms with Crippen LogP contribution in [0.25, 0.3) is 11.5 Å². The van der Waals surface area contributed by atoms with Crippen LogP contribution in [0.3, 0.4) is 0 Å². The molecule has 0 saturated carbocycles. The molecule has 35 heavy (non-hydrogen) atoms. The third-order valence-electron chi connectivity index (χ3n) is 5.03. The summed E-state index contributed by atoms with van der Waals surface area (Å²) < 4.78 is 17.9. The summed E-state index contributed by atoms with van der Waals surface area (Å²) in [7, 11) is 1.42. The number of aliphatic hydroxyl groups is 3. The van der Waals surface area contributed by atoms with Gasteiger partial charge in [0.15, 0.2) is 0 Å². The molecule has 186 valence electrons. The maximum absolute atomic E-state index is 12.1. The van der Waals surface area contributed by atoms with E-state index in [9.17, 15) is 24.9 Å². The molecule has 0 aliphatic rings. The Balaban J connectivity index is 1.44. The van der Waals surface area contributed by atoms with Crippen molar-refractivity contribution in [3.8, 4) is 11.5 Å². The molecule has 0 spiro atoms. The van der Waals surface area contributed by atoms with Gasteiger partial charge in [-0.15, -0.1) is 10.2 Å². The Kier molecular flexibility index (Phi) is 7.17. The van der Waals surface area contributed by atoms with Gasteiger partial charge >= 0.3 is 5.69 Å². The quantitative estimate of drug-likeness (QED) is 0.165. The van der Waals surface area contributed by atoms with Gasteiger partial charge in [-0.3, -0.25) is 14.3 Å². The standard InChI is InChI=1S/C19H21N7O8S/c1-32-8-9-4-25(18(31)20-16(9)30)5-10-6-26(24-21-10)7-12(27)13(28)14(29)15-11(2-3-33-15)17-22-23-19(35)34-17/h2-4,6,12-14,27-29H,5,7-8H2,1H3,(H,23,35)(H,20,30,31)/t12-,13-,14+/m1/s1. The molecule has 0 fully saturated rings. The van der Waals surface area contributed by atoms with Gasteiger partial charge in [-0.25, -0.2) is 14.6 Å². The predicted octanol–water partition coefficient (Wildman–Crippen LogP) is -0.916. The number of ether oxygens (including phenoxy) is 1. The molecule has 0 aromatic carbocycles. The van der Waals surface area contributed by atoms with E-state index >= 15 is 0 Å². The van der Waals surface area contributed by atoms with Gasteiger partial charge in [0.05, 0.1) is 43.3 Å². The third-order valence-corrected chi connectivity index (χ3v) is 5.20. The van der Waals surface area contributed by atoms with E-state index in [1.54, 1.807) is 0 Å². The van der Waals surface area contributed by atoms with Crippen molar-refractivity contribution in [2.45, 2.75) is 38.0 Å². The van der Waals surface area contributed by atoms with Crippen molar-refractivity contribution in [3.05, 3.63) is 67.4 Å². The summed E-state index contributed by atoms with van der Waals surface area (Å²) in [5.74, 6) is -0.0306. The number of H-pyrrole nitrogens is 2. The van der Waals surface area contributed by atoms with Gasteiger partial charge in [0.25, 0.3) is 10.4 Å². The maximum Gasteiger partial charge on any atom is 0.328 e. The van der Waals surface area contributed by atoms with E-state index in [1.807, 2.05) is 0 Å². The average Bonchev–Trinajstić information content (AvgIpc) is 3.57. The summed E-state index contributed by atoms with van der Waals surface area (Å²) in [6.45, 7) is -0.226. The maximum atomic E-state index is 12.1. The molecule has 4 heterocycles. The summed E-state index contributed by atoms with van der Waals surface area (Å²) in [6, 6.07) is 1.46. The van der Waals surface area contributed by atoms with Crippen LogP contribution in [0.5, 0.6) is 0 Å². The monoisotopic (exact) mass is 507 g/mol. The number of nitrogens with one attached hydrogen (secondary N) is 2. The van der Waals surface area contributed by atoms with Crippen molar-refractivity contribution in [3.63, 3.8) is 0 Å². The number of hydrogen-bond acceptors (Lipinski definition) is 12. The van der Waals surface area contributed by atoms with Crippen LogP contribution < -0.4 is 11.2 Å². The summed E-state index contributed by atoms with van der Waals surface area (Å²) in [5.41, 5.74) is -0.325. The minimum atomic E-state index is -1.67. The molecule has 0 saturated heterocycles. The van der Waals surface area contributed by atoms with Crippen LogP contribution in [0, 0.1) is 4.84 Å². The molecule has 4 rings (SSSR count). The van der Waals surface area contributed by atoms with Crippen molar-refractivity contribution < 1.29 is 28.9 Å². The highest BCUT2D eigenvalue weighted by atomic mass is 32.1. The second-order valence-corrected chi connectivity index (χ2v) is 7.90. The van der Waals surface area contributed by atoms with Crippen LogP contribution in [0.15, 0.2) is 43.1 Å². The van der Waals surface area contributed by atoms with Crippen molar-refractivity contribution in [1.29, 1.82) is 0 Å². The zero-order chi connectivity index (χ0) is 25.1. The molecule has 0 radical (unpaired) electrons. The van der Waals surface area contributed by atoms with E-state index in [0.717, 1.165) is 0 Å². The summed E-state index contributed by atoms with van der Waals surface area (Å²) >= 11 is 4.83. The lowest BCUT2D eigenvalue weighted by atomic mass is 10.0. The Labute approximate surface area is 200 Å². The van der Waals surface area contributed by atoms with Gasteiger partial charge in [-0.1, -0.05) is 5.21 Å². The Morgan fingerprint density at radius 1 is 1.26 bits per heavy atom. The molecular weight excluding hydrogens is 486 g/mol.